The predicted octanol–water partition coefficient (Wildman–Crippen LogP) is 1.83. The maximum absolute atomic E-state index is 13.2. The van der Waals surface area contributed by atoms with Crippen molar-refractivity contribution in [1.82, 2.24) is 4.98 Å². The van der Waals surface area contributed by atoms with Gasteiger partial charge in [-0.3, -0.25) is 0 Å². The van der Waals surface area contributed by atoms with Gasteiger partial charge in [0.2, 0.25) is 0 Å². The van der Waals surface area contributed by atoms with Crippen molar-refractivity contribution in [3.8, 4) is 0 Å². The van der Waals surface area contributed by atoms with Crippen molar-refractivity contribution >= 4 is 11.6 Å². The van der Waals surface area contributed by atoms with E-state index in [9.17, 15) is 17.6 Å². The second-order valence-corrected chi connectivity index (χ2v) is 3.55. The summed E-state index contributed by atoms with van der Waals surface area (Å²) in [4.78, 5) is 3.51. The zero-order valence-electron chi connectivity index (χ0n) is 9.60. The SMILES string of the molecule is CCNc1nc(NCC(F)(F)CO)c(F)cc1F. The lowest BCUT2D eigenvalue weighted by atomic mass is 10.3. The van der Waals surface area contributed by atoms with Gasteiger partial charge in [-0.1, -0.05) is 0 Å². The molecule has 0 aliphatic rings. The Kier molecular flexibility index (Phi) is 4.71. The van der Waals surface area contributed by atoms with Gasteiger partial charge in [-0.05, 0) is 6.92 Å². The van der Waals surface area contributed by atoms with Gasteiger partial charge in [0, 0.05) is 12.6 Å². The number of nitrogens with one attached hydrogen (secondary N) is 2. The maximum Gasteiger partial charge on any atom is 0.287 e. The first-order valence-electron chi connectivity index (χ1n) is 5.22. The van der Waals surface area contributed by atoms with Gasteiger partial charge in [-0.2, -0.15) is 0 Å². The lowest BCUT2D eigenvalue weighted by molar-refractivity contribution is -0.0373. The molecular formula is C10H13F4N3O. The van der Waals surface area contributed by atoms with Crippen LogP contribution in [0.25, 0.3) is 0 Å². The first-order valence-corrected chi connectivity index (χ1v) is 5.22. The minimum Gasteiger partial charge on any atom is -0.390 e. The molecule has 1 rings (SSSR count). The van der Waals surface area contributed by atoms with Crippen LogP contribution in [-0.4, -0.2) is 35.7 Å². The minimum atomic E-state index is -3.40. The number of pyridine rings is 1. The average Bonchev–Trinajstić information content (AvgIpc) is 2.31. The van der Waals surface area contributed by atoms with Crippen molar-refractivity contribution in [3.05, 3.63) is 17.7 Å². The van der Waals surface area contributed by atoms with Crippen molar-refractivity contribution in [1.29, 1.82) is 0 Å². The molecule has 0 atom stereocenters. The summed E-state index contributed by atoms with van der Waals surface area (Å²) in [7, 11) is 0. The highest BCUT2D eigenvalue weighted by atomic mass is 19.3. The van der Waals surface area contributed by atoms with Gasteiger partial charge >= 0.3 is 0 Å². The maximum atomic E-state index is 13.2. The third kappa shape index (κ3) is 3.73. The van der Waals surface area contributed by atoms with Crippen molar-refractivity contribution < 1.29 is 22.7 Å². The molecule has 1 aromatic rings. The number of aliphatic hydroxyl groups is 1. The molecule has 0 saturated heterocycles. The molecule has 0 aliphatic heterocycles. The van der Waals surface area contributed by atoms with E-state index in [1.807, 2.05) is 5.32 Å². The van der Waals surface area contributed by atoms with Crippen molar-refractivity contribution in [2.24, 2.45) is 0 Å². The molecule has 0 amide bonds. The summed E-state index contributed by atoms with van der Waals surface area (Å²) < 4.78 is 51.9. The Hall–Kier alpha value is -1.57. The van der Waals surface area contributed by atoms with Crippen LogP contribution in [0.15, 0.2) is 6.07 Å². The first-order chi connectivity index (χ1) is 8.39. The van der Waals surface area contributed by atoms with E-state index in [-0.39, 0.29) is 5.82 Å². The molecule has 4 nitrogen and oxygen atoms in total. The molecule has 0 bridgehead atoms. The Labute approximate surface area is 101 Å². The first kappa shape index (κ1) is 14.5. The van der Waals surface area contributed by atoms with Gasteiger partial charge in [0.1, 0.15) is 6.61 Å². The van der Waals surface area contributed by atoms with E-state index in [0.717, 1.165) is 0 Å². The normalized spacial score (nSPS) is 11.4. The van der Waals surface area contributed by atoms with Gasteiger partial charge in [0.15, 0.2) is 23.3 Å². The summed E-state index contributed by atoms with van der Waals surface area (Å²) in [6.45, 7) is -0.340. The third-order valence-electron chi connectivity index (χ3n) is 2.02. The molecule has 102 valence electrons. The van der Waals surface area contributed by atoms with Gasteiger partial charge in [0.05, 0.1) is 6.54 Å². The molecule has 1 aromatic heterocycles. The Balaban J connectivity index is 2.85. The quantitative estimate of drug-likeness (QED) is 0.688. The number of hydrogen-bond donors (Lipinski definition) is 3. The summed E-state index contributed by atoms with van der Waals surface area (Å²) >= 11 is 0. The summed E-state index contributed by atoms with van der Waals surface area (Å²) in [6.07, 6.45) is 0. The number of nitrogens with zero attached hydrogens (tertiary/aromatic N) is 1. The molecule has 0 aromatic carbocycles. The number of aromatic nitrogens is 1. The monoisotopic (exact) mass is 267 g/mol. The highest BCUT2D eigenvalue weighted by Gasteiger charge is 2.28. The van der Waals surface area contributed by atoms with Gasteiger partial charge < -0.3 is 15.7 Å². The fourth-order valence-corrected chi connectivity index (χ4v) is 1.15. The zero-order chi connectivity index (χ0) is 13.8. The summed E-state index contributed by atoms with van der Waals surface area (Å²) in [6, 6.07) is 0.546. The van der Waals surface area contributed by atoms with Crippen LogP contribution in [0.5, 0.6) is 0 Å². The lowest BCUT2D eigenvalue weighted by Gasteiger charge is -2.15. The fraction of sp³-hybridized carbons (Fsp3) is 0.500. The molecule has 0 aliphatic carbocycles. The standard InChI is InChI=1S/C10H13F4N3O/c1-2-15-8-6(11)3-7(12)9(17-8)16-4-10(13,14)5-18/h3,18H,2,4-5H2,1H3,(H2,15,16,17). The number of alkyl halides is 2. The largest absolute Gasteiger partial charge is 0.390 e. The van der Waals surface area contributed by atoms with Crippen LogP contribution in [-0.2, 0) is 0 Å². The minimum absolute atomic E-state index is 0.228. The highest BCUT2D eigenvalue weighted by molar-refractivity contribution is 5.47. The fourth-order valence-electron chi connectivity index (χ4n) is 1.15. The Morgan fingerprint density at radius 3 is 2.28 bits per heavy atom. The van der Waals surface area contributed by atoms with Gasteiger partial charge in [-0.15, -0.1) is 0 Å². The van der Waals surface area contributed by atoms with Crippen LogP contribution in [0, 0.1) is 11.6 Å². The molecule has 0 fully saturated rings. The molecule has 18 heavy (non-hydrogen) atoms. The molecule has 0 unspecified atom stereocenters. The third-order valence-corrected chi connectivity index (χ3v) is 2.02. The number of halogens is 4. The topological polar surface area (TPSA) is 57.2 Å². The summed E-state index contributed by atoms with van der Waals surface area (Å²) in [5.74, 6) is -6.12. The number of anilines is 2. The van der Waals surface area contributed by atoms with E-state index in [0.29, 0.717) is 12.6 Å². The Morgan fingerprint density at radius 1 is 1.22 bits per heavy atom. The second-order valence-electron chi connectivity index (χ2n) is 3.55. The highest BCUT2D eigenvalue weighted by Crippen LogP contribution is 2.20. The van der Waals surface area contributed by atoms with Crippen LogP contribution < -0.4 is 10.6 Å². The molecule has 0 saturated carbocycles. The van der Waals surface area contributed by atoms with E-state index in [1.54, 1.807) is 6.92 Å². The van der Waals surface area contributed by atoms with Crippen LogP contribution in [0.4, 0.5) is 29.2 Å². The number of aliphatic hydroxyl groups excluding tert-OH is 1. The predicted molar refractivity (Wildman–Crippen MR) is 58.8 cm³/mol. The van der Waals surface area contributed by atoms with Crippen LogP contribution in [0.1, 0.15) is 6.92 Å². The molecular weight excluding hydrogens is 254 g/mol. The summed E-state index contributed by atoms with van der Waals surface area (Å²) in [5.41, 5.74) is 0. The lowest BCUT2D eigenvalue weighted by Crippen LogP contribution is -2.31. The van der Waals surface area contributed by atoms with E-state index in [1.165, 1.54) is 0 Å². The van der Waals surface area contributed by atoms with E-state index in [2.05, 4.69) is 10.3 Å². The Bertz CT molecular complexity index is 414. The van der Waals surface area contributed by atoms with Crippen molar-refractivity contribution in [2.45, 2.75) is 12.8 Å². The molecule has 1 heterocycles. The average molecular weight is 267 g/mol. The number of rotatable bonds is 6. The van der Waals surface area contributed by atoms with E-state index < -0.39 is 36.5 Å². The second kappa shape index (κ2) is 5.85. The van der Waals surface area contributed by atoms with Crippen molar-refractivity contribution in [3.63, 3.8) is 0 Å². The van der Waals surface area contributed by atoms with E-state index in [4.69, 9.17) is 5.11 Å². The van der Waals surface area contributed by atoms with Crippen LogP contribution in [0.2, 0.25) is 0 Å². The molecule has 3 N–H and O–H groups in total. The molecule has 8 heteroatoms. The molecule has 0 spiro atoms. The summed E-state index contributed by atoms with van der Waals surface area (Å²) in [5, 5.41) is 12.9. The van der Waals surface area contributed by atoms with Gasteiger partial charge in [0.25, 0.3) is 5.92 Å². The smallest absolute Gasteiger partial charge is 0.287 e. The number of hydrogen-bond acceptors (Lipinski definition) is 4. The van der Waals surface area contributed by atoms with Gasteiger partial charge in [-0.25, -0.2) is 22.5 Å². The van der Waals surface area contributed by atoms with Crippen LogP contribution in [0.3, 0.4) is 0 Å². The van der Waals surface area contributed by atoms with Crippen molar-refractivity contribution in [2.75, 3.05) is 30.3 Å². The van der Waals surface area contributed by atoms with E-state index >= 15 is 0 Å². The Morgan fingerprint density at radius 2 is 1.78 bits per heavy atom. The van der Waals surface area contributed by atoms with Crippen LogP contribution >= 0.6 is 0 Å². The zero-order valence-corrected chi connectivity index (χ0v) is 9.60. The molecule has 0 radical (unpaired) electrons.